The van der Waals surface area contributed by atoms with E-state index in [0.29, 0.717) is 33.0 Å². The molecule has 0 bridgehead atoms. The number of ether oxygens (including phenoxy) is 1. The molecule has 0 aliphatic heterocycles. The van der Waals surface area contributed by atoms with Crippen molar-refractivity contribution in [2.75, 3.05) is 18.2 Å². The van der Waals surface area contributed by atoms with Gasteiger partial charge in [-0.05, 0) is 30.3 Å². The van der Waals surface area contributed by atoms with Crippen LogP contribution < -0.4 is 10.1 Å². The summed E-state index contributed by atoms with van der Waals surface area (Å²) in [5, 5.41) is 11.8. The molecule has 0 saturated carbocycles. The zero-order valence-corrected chi connectivity index (χ0v) is 16.1. The van der Waals surface area contributed by atoms with Crippen molar-refractivity contribution >= 4 is 35.0 Å². The lowest BCUT2D eigenvalue weighted by atomic mass is 10.2. The monoisotopic (exact) mass is 406 g/mol. The molecule has 2 aromatic carbocycles. The topological polar surface area (TPSA) is 69.0 Å². The molecule has 0 radical (unpaired) electrons. The predicted molar refractivity (Wildman–Crippen MR) is 104 cm³/mol. The first-order chi connectivity index (χ1) is 13.0. The fourth-order valence-corrected chi connectivity index (χ4v) is 3.30. The van der Waals surface area contributed by atoms with Crippen molar-refractivity contribution in [2.45, 2.75) is 5.16 Å². The van der Waals surface area contributed by atoms with E-state index in [-0.39, 0.29) is 17.5 Å². The molecule has 0 aliphatic carbocycles. The van der Waals surface area contributed by atoms with Gasteiger partial charge in [0.15, 0.2) is 11.0 Å². The lowest BCUT2D eigenvalue weighted by Gasteiger charge is -2.10. The molecule has 1 aromatic heterocycles. The van der Waals surface area contributed by atoms with Crippen molar-refractivity contribution < 1.29 is 13.9 Å². The van der Waals surface area contributed by atoms with Crippen LogP contribution in [0.1, 0.15) is 0 Å². The van der Waals surface area contributed by atoms with Crippen LogP contribution in [0.4, 0.5) is 10.1 Å². The van der Waals surface area contributed by atoms with Gasteiger partial charge in [-0.3, -0.25) is 4.79 Å². The summed E-state index contributed by atoms with van der Waals surface area (Å²) in [7, 11) is 3.24. The molecule has 9 heteroatoms. The van der Waals surface area contributed by atoms with Crippen molar-refractivity contribution in [3.63, 3.8) is 0 Å². The molecule has 0 saturated heterocycles. The third-order valence-corrected chi connectivity index (χ3v) is 4.97. The second-order valence-corrected chi connectivity index (χ2v) is 6.91. The van der Waals surface area contributed by atoms with Gasteiger partial charge in [0, 0.05) is 12.1 Å². The van der Waals surface area contributed by atoms with E-state index in [9.17, 15) is 9.18 Å². The van der Waals surface area contributed by atoms with Crippen LogP contribution in [-0.2, 0) is 11.8 Å². The number of hydrogen-bond acceptors (Lipinski definition) is 5. The Kier molecular flexibility index (Phi) is 5.98. The molecule has 0 fully saturated rings. The molecule has 0 spiro atoms. The van der Waals surface area contributed by atoms with Gasteiger partial charge in [0.25, 0.3) is 0 Å². The van der Waals surface area contributed by atoms with E-state index in [1.54, 1.807) is 48.0 Å². The summed E-state index contributed by atoms with van der Waals surface area (Å²) in [5.74, 6) is 0.371. The molecular formula is C18H16ClFN4O2S. The second-order valence-electron chi connectivity index (χ2n) is 5.53. The van der Waals surface area contributed by atoms with Gasteiger partial charge < -0.3 is 14.6 Å². The van der Waals surface area contributed by atoms with Crippen molar-refractivity contribution in [3.05, 3.63) is 53.3 Å². The van der Waals surface area contributed by atoms with Crippen molar-refractivity contribution in [2.24, 2.45) is 7.05 Å². The Bertz CT molecular complexity index is 980. The van der Waals surface area contributed by atoms with Gasteiger partial charge in [0.05, 0.1) is 24.1 Å². The molecule has 3 aromatic rings. The lowest BCUT2D eigenvalue weighted by molar-refractivity contribution is -0.113. The quantitative estimate of drug-likeness (QED) is 0.626. The third kappa shape index (κ3) is 4.40. The number of benzene rings is 2. The number of nitrogens with zero attached hydrogens (tertiary/aromatic N) is 3. The van der Waals surface area contributed by atoms with Gasteiger partial charge in [0.1, 0.15) is 11.6 Å². The number of halogens is 2. The summed E-state index contributed by atoms with van der Waals surface area (Å²) >= 11 is 7.15. The minimum absolute atomic E-state index is 0.0961. The largest absolute Gasteiger partial charge is 0.495 e. The first-order valence-electron chi connectivity index (χ1n) is 7.90. The first kappa shape index (κ1) is 19.2. The maximum absolute atomic E-state index is 14.0. The van der Waals surface area contributed by atoms with Crippen molar-refractivity contribution in [1.29, 1.82) is 0 Å². The van der Waals surface area contributed by atoms with Crippen LogP contribution in [0.25, 0.3) is 11.4 Å². The minimum Gasteiger partial charge on any atom is -0.495 e. The van der Waals surface area contributed by atoms with E-state index in [1.807, 2.05) is 0 Å². The molecule has 1 N–H and O–H groups in total. The van der Waals surface area contributed by atoms with Gasteiger partial charge in [-0.2, -0.15) is 0 Å². The average Bonchev–Trinajstić information content (AvgIpc) is 3.01. The summed E-state index contributed by atoms with van der Waals surface area (Å²) in [6.45, 7) is 0. The number of methoxy groups -OCH3 is 1. The second kappa shape index (κ2) is 8.41. The maximum atomic E-state index is 14.0. The number of amides is 1. The van der Waals surface area contributed by atoms with Crippen LogP contribution in [0, 0.1) is 5.82 Å². The first-order valence-corrected chi connectivity index (χ1v) is 9.26. The number of anilines is 1. The molecule has 3 rings (SSSR count). The smallest absolute Gasteiger partial charge is 0.234 e. The van der Waals surface area contributed by atoms with Gasteiger partial charge in [-0.15, -0.1) is 10.2 Å². The van der Waals surface area contributed by atoms with Gasteiger partial charge >= 0.3 is 0 Å². The van der Waals surface area contributed by atoms with E-state index in [2.05, 4.69) is 15.5 Å². The summed E-state index contributed by atoms with van der Waals surface area (Å²) < 4.78 is 20.8. The number of carbonyl (C=O) groups is 1. The highest BCUT2D eigenvalue weighted by Gasteiger charge is 2.16. The van der Waals surface area contributed by atoms with Gasteiger partial charge in [-0.25, -0.2) is 4.39 Å². The molecule has 0 aliphatic rings. The van der Waals surface area contributed by atoms with Gasteiger partial charge in [0.2, 0.25) is 5.91 Å². The zero-order valence-electron chi connectivity index (χ0n) is 14.6. The third-order valence-electron chi connectivity index (χ3n) is 3.72. The Morgan fingerprint density at radius 1 is 1.30 bits per heavy atom. The highest BCUT2D eigenvalue weighted by atomic mass is 35.5. The zero-order chi connectivity index (χ0) is 19.4. The molecule has 6 nitrogen and oxygen atoms in total. The highest BCUT2D eigenvalue weighted by Crippen LogP contribution is 2.28. The Morgan fingerprint density at radius 2 is 2.07 bits per heavy atom. The number of rotatable bonds is 6. The van der Waals surface area contributed by atoms with Crippen LogP contribution >= 0.6 is 23.4 Å². The Labute approximate surface area is 164 Å². The molecule has 0 atom stereocenters. The van der Waals surface area contributed by atoms with E-state index < -0.39 is 0 Å². The fourth-order valence-electron chi connectivity index (χ4n) is 2.41. The Balaban J connectivity index is 1.68. The van der Waals surface area contributed by atoms with Crippen LogP contribution in [-0.4, -0.2) is 33.5 Å². The SMILES string of the molecule is COc1ccc(Cl)cc1NC(=O)CSc1nnc(-c2ccccc2F)n1C. The van der Waals surface area contributed by atoms with Crippen LogP contribution in [0.3, 0.4) is 0 Å². The average molecular weight is 407 g/mol. The Hall–Kier alpha value is -2.58. The molecule has 1 heterocycles. The summed E-state index contributed by atoms with van der Waals surface area (Å²) in [4.78, 5) is 12.3. The normalized spacial score (nSPS) is 10.7. The number of hydrogen-bond donors (Lipinski definition) is 1. The van der Waals surface area contributed by atoms with E-state index in [0.717, 1.165) is 0 Å². The van der Waals surface area contributed by atoms with Gasteiger partial charge in [-0.1, -0.05) is 35.5 Å². The summed E-state index contributed by atoms with van der Waals surface area (Å²) in [5.41, 5.74) is 0.841. The van der Waals surface area contributed by atoms with E-state index >= 15 is 0 Å². The maximum Gasteiger partial charge on any atom is 0.234 e. The molecular weight excluding hydrogens is 391 g/mol. The number of carbonyl (C=O) groups excluding carboxylic acids is 1. The fraction of sp³-hybridized carbons (Fsp3) is 0.167. The number of aromatic nitrogens is 3. The number of nitrogens with one attached hydrogen (secondary N) is 1. The standard InChI is InChI=1S/C18H16ClFN4O2S/c1-24-17(12-5-3-4-6-13(12)20)22-23-18(24)27-10-16(25)21-14-9-11(19)7-8-15(14)26-2/h3-9H,10H2,1-2H3,(H,21,25). The molecule has 0 unspecified atom stereocenters. The lowest BCUT2D eigenvalue weighted by Crippen LogP contribution is -2.15. The minimum atomic E-state index is -0.379. The van der Waals surface area contributed by atoms with Crippen LogP contribution in [0.2, 0.25) is 5.02 Å². The van der Waals surface area contributed by atoms with Crippen molar-refractivity contribution in [3.8, 4) is 17.1 Å². The van der Waals surface area contributed by atoms with Crippen molar-refractivity contribution in [1.82, 2.24) is 14.8 Å². The number of thioether (sulfide) groups is 1. The summed E-state index contributed by atoms with van der Waals surface area (Å²) in [6, 6.07) is 11.3. The highest BCUT2D eigenvalue weighted by molar-refractivity contribution is 7.99. The molecule has 27 heavy (non-hydrogen) atoms. The van der Waals surface area contributed by atoms with Crippen LogP contribution in [0.5, 0.6) is 5.75 Å². The van der Waals surface area contributed by atoms with Crippen LogP contribution in [0.15, 0.2) is 47.6 Å². The molecule has 1 amide bonds. The summed E-state index contributed by atoms with van der Waals surface area (Å²) in [6.07, 6.45) is 0. The van der Waals surface area contributed by atoms with E-state index in [4.69, 9.17) is 16.3 Å². The predicted octanol–water partition coefficient (Wildman–Crippen LogP) is 4.01. The van der Waals surface area contributed by atoms with E-state index in [1.165, 1.54) is 24.9 Å². The molecule has 140 valence electrons. The Morgan fingerprint density at radius 3 is 2.81 bits per heavy atom.